The number of aliphatic hydroxyl groups is 3. The summed E-state index contributed by atoms with van der Waals surface area (Å²) in [7, 11) is 0. The zero-order valence-corrected chi connectivity index (χ0v) is 14.0. The van der Waals surface area contributed by atoms with Crippen molar-refractivity contribution in [2.75, 3.05) is 0 Å². The Labute approximate surface area is 134 Å². The molecular weight excluding hydrogens is 276 g/mol. The molecule has 0 aromatic heterocycles. The van der Waals surface area contributed by atoms with E-state index >= 15 is 0 Å². The Morgan fingerprint density at radius 2 is 1.55 bits per heavy atom. The van der Waals surface area contributed by atoms with Crippen molar-refractivity contribution in [3.8, 4) is 0 Å². The maximum absolute atomic E-state index is 10.9. The normalized spacial score (nSPS) is 61.2. The highest BCUT2D eigenvalue weighted by atomic mass is 16.3. The van der Waals surface area contributed by atoms with E-state index in [9.17, 15) is 15.3 Å². The van der Waals surface area contributed by atoms with Crippen LogP contribution in [0, 0.1) is 34.5 Å². The van der Waals surface area contributed by atoms with Crippen LogP contribution >= 0.6 is 0 Å². The molecule has 0 aromatic carbocycles. The minimum atomic E-state index is -0.649. The van der Waals surface area contributed by atoms with Crippen LogP contribution in [-0.4, -0.2) is 33.6 Å². The first kappa shape index (κ1) is 15.4. The highest BCUT2D eigenvalue weighted by molar-refractivity contribution is 5.12. The van der Waals surface area contributed by atoms with Gasteiger partial charge in [-0.25, -0.2) is 0 Å². The first-order valence-corrected chi connectivity index (χ1v) is 9.41. The van der Waals surface area contributed by atoms with Gasteiger partial charge in [0.1, 0.15) is 0 Å². The Bertz CT molecular complexity index is 452. The van der Waals surface area contributed by atoms with Crippen LogP contribution in [0.2, 0.25) is 0 Å². The molecule has 3 nitrogen and oxygen atoms in total. The second-order valence-electron chi connectivity index (χ2n) is 9.40. The Kier molecular flexibility index (Phi) is 3.46. The van der Waals surface area contributed by atoms with E-state index < -0.39 is 12.2 Å². The van der Waals surface area contributed by atoms with Gasteiger partial charge in [0, 0.05) is 0 Å². The quantitative estimate of drug-likeness (QED) is 0.645. The molecule has 3 N–H and O–H groups in total. The van der Waals surface area contributed by atoms with Crippen LogP contribution in [0.15, 0.2) is 0 Å². The lowest BCUT2D eigenvalue weighted by molar-refractivity contribution is -0.219. The van der Waals surface area contributed by atoms with E-state index in [4.69, 9.17) is 0 Å². The lowest BCUT2D eigenvalue weighted by atomic mass is 9.44. The van der Waals surface area contributed by atoms with Crippen molar-refractivity contribution in [2.24, 2.45) is 34.5 Å². The van der Waals surface area contributed by atoms with Crippen LogP contribution in [0.4, 0.5) is 0 Å². The summed E-state index contributed by atoms with van der Waals surface area (Å²) in [5.74, 6) is 1.45. The molecule has 0 amide bonds. The molecular formula is C19H32O3. The van der Waals surface area contributed by atoms with Gasteiger partial charge in [0.15, 0.2) is 0 Å². The van der Waals surface area contributed by atoms with Gasteiger partial charge in [0.2, 0.25) is 0 Å². The van der Waals surface area contributed by atoms with Crippen molar-refractivity contribution in [3.63, 3.8) is 0 Å². The van der Waals surface area contributed by atoms with Crippen molar-refractivity contribution >= 4 is 0 Å². The smallest absolute Gasteiger partial charge is 0.0836 e. The van der Waals surface area contributed by atoms with Crippen LogP contribution in [0.25, 0.3) is 0 Å². The molecule has 126 valence electrons. The molecule has 4 rings (SSSR count). The van der Waals surface area contributed by atoms with Crippen molar-refractivity contribution in [1.29, 1.82) is 0 Å². The zero-order valence-electron chi connectivity index (χ0n) is 14.0. The first-order chi connectivity index (χ1) is 10.4. The van der Waals surface area contributed by atoms with Crippen LogP contribution in [0.1, 0.15) is 65.2 Å². The Morgan fingerprint density at radius 1 is 0.773 bits per heavy atom. The third-order valence-electron chi connectivity index (χ3n) is 8.51. The SMILES string of the molecule is CC12CCCC1C1C(O)C(O)C3CC(O)CCC3(C)C1CC2. The summed E-state index contributed by atoms with van der Waals surface area (Å²) in [6, 6.07) is 0. The predicted molar refractivity (Wildman–Crippen MR) is 85.1 cm³/mol. The third-order valence-corrected chi connectivity index (χ3v) is 8.51. The van der Waals surface area contributed by atoms with E-state index in [1.54, 1.807) is 0 Å². The van der Waals surface area contributed by atoms with Gasteiger partial charge in [-0.3, -0.25) is 0 Å². The van der Waals surface area contributed by atoms with Gasteiger partial charge < -0.3 is 15.3 Å². The maximum atomic E-state index is 10.9. The van der Waals surface area contributed by atoms with E-state index in [2.05, 4.69) is 13.8 Å². The van der Waals surface area contributed by atoms with Crippen molar-refractivity contribution in [3.05, 3.63) is 0 Å². The summed E-state index contributed by atoms with van der Waals surface area (Å²) in [4.78, 5) is 0. The van der Waals surface area contributed by atoms with Gasteiger partial charge in [-0.05, 0) is 79.4 Å². The zero-order chi connectivity index (χ0) is 15.7. The van der Waals surface area contributed by atoms with E-state index in [0.717, 1.165) is 12.8 Å². The minimum Gasteiger partial charge on any atom is -0.393 e. The molecule has 4 aliphatic rings. The number of fused-ring (bicyclic) bond motifs is 5. The summed E-state index contributed by atoms with van der Waals surface area (Å²) in [5.41, 5.74) is 0.492. The molecule has 9 atom stereocenters. The number of hydrogen-bond donors (Lipinski definition) is 3. The summed E-state index contributed by atoms with van der Waals surface area (Å²) in [6.45, 7) is 4.76. The van der Waals surface area contributed by atoms with Crippen molar-refractivity contribution in [2.45, 2.75) is 83.5 Å². The molecule has 0 spiro atoms. The molecule has 0 heterocycles. The van der Waals surface area contributed by atoms with E-state index in [1.165, 1.54) is 32.1 Å². The largest absolute Gasteiger partial charge is 0.393 e. The molecule has 0 radical (unpaired) electrons. The summed E-state index contributed by atoms with van der Waals surface area (Å²) in [5, 5.41) is 31.8. The van der Waals surface area contributed by atoms with Crippen molar-refractivity contribution < 1.29 is 15.3 Å². The topological polar surface area (TPSA) is 60.7 Å². The minimum absolute atomic E-state index is 0.0678. The lowest BCUT2D eigenvalue weighted by Gasteiger charge is -2.63. The second kappa shape index (κ2) is 4.94. The predicted octanol–water partition coefficient (Wildman–Crippen LogP) is 2.72. The molecule has 0 saturated heterocycles. The van der Waals surface area contributed by atoms with Gasteiger partial charge in [-0.1, -0.05) is 20.3 Å². The fourth-order valence-electron chi connectivity index (χ4n) is 7.23. The molecule has 0 aromatic rings. The molecule has 22 heavy (non-hydrogen) atoms. The highest BCUT2D eigenvalue weighted by Gasteiger charge is 2.63. The summed E-state index contributed by atoms with van der Waals surface area (Å²) >= 11 is 0. The van der Waals surface area contributed by atoms with E-state index in [1.807, 2.05) is 0 Å². The summed E-state index contributed by atoms with van der Waals surface area (Å²) in [6.07, 6.45) is 7.29. The number of rotatable bonds is 0. The maximum Gasteiger partial charge on any atom is 0.0836 e. The Balaban J connectivity index is 1.71. The van der Waals surface area contributed by atoms with Gasteiger partial charge in [-0.15, -0.1) is 0 Å². The second-order valence-corrected chi connectivity index (χ2v) is 9.40. The number of hydrogen-bond acceptors (Lipinski definition) is 3. The fourth-order valence-corrected chi connectivity index (χ4v) is 7.23. The molecule has 4 fully saturated rings. The van der Waals surface area contributed by atoms with Gasteiger partial charge in [-0.2, -0.15) is 0 Å². The molecule has 9 unspecified atom stereocenters. The average Bonchev–Trinajstić information content (AvgIpc) is 2.88. The molecule has 0 bridgehead atoms. The average molecular weight is 308 g/mol. The fraction of sp³-hybridized carbons (Fsp3) is 1.00. The van der Waals surface area contributed by atoms with Crippen LogP contribution < -0.4 is 0 Å². The third kappa shape index (κ3) is 1.91. The van der Waals surface area contributed by atoms with Crippen LogP contribution in [0.3, 0.4) is 0 Å². The lowest BCUT2D eigenvalue weighted by Crippen LogP contribution is -2.63. The van der Waals surface area contributed by atoms with E-state index in [0.29, 0.717) is 23.7 Å². The number of aliphatic hydroxyl groups excluding tert-OH is 3. The molecule has 4 saturated carbocycles. The first-order valence-electron chi connectivity index (χ1n) is 9.41. The van der Waals surface area contributed by atoms with Gasteiger partial charge in [0.25, 0.3) is 0 Å². The summed E-state index contributed by atoms with van der Waals surface area (Å²) < 4.78 is 0. The monoisotopic (exact) mass is 308 g/mol. The Morgan fingerprint density at radius 3 is 2.32 bits per heavy atom. The van der Waals surface area contributed by atoms with Gasteiger partial charge in [0.05, 0.1) is 18.3 Å². The van der Waals surface area contributed by atoms with E-state index in [-0.39, 0.29) is 23.4 Å². The molecule has 3 heteroatoms. The van der Waals surface area contributed by atoms with Gasteiger partial charge >= 0.3 is 0 Å². The van der Waals surface area contributed by atoms with Crippen LogP contribution in [0.5, 0.6) is 0 Å². The molecule has 4 aliphatic carbocycles. The standard InChI is InChI=1S/C19H32O3/c1-18-7-3-4-12(18)15-13(6-8-18)19(2)9-5-11(20)10-14(19)16(21)17(15)22/h11-17,20-22H,3-10H2,1-2H3. The highest BCUT2D eigenvalue weighted by Crippen LogP contribution is 2.66. The molecule has 0 aliphatic heterocycles. The van der Waals surface area contributed by atoms with Crippen LogP contribution in [-0.2, 0) is 0 Å². The Hall–Kier alpha value is -0.120. The van der Waals surface area contributed by atoms with Crippen molar-refractivity contribution in [1.82, 2.24) is 0 Å².